The molecule has 3 atom stereocenters. The van der Waals surface area contributed by atoms with Gasteiger partial charge in [0.05, 0.1) is 0 Å². The molecule has 1 fully saturated rings. The monoisotopic (exact) mass is 289 g/mol. The molecule has 100 valence electrons. The Morgan fingerprint density at radius 3 is 2.67 bits per heavy atom. The van der Waals surface area contributed by atoms with Crippen molar-refractivity contribution in [3.63, 3.8) is 0 Å². The highest BCUT2D eigenvalue weighted by molar-refractivity contribution is 8.07. The minimum absolute atomic E-state index is 0.0114. The first kappa shape index (κ1) is 14.2. The molecule has 1 heterocycles. The fraction of sp³-hybridized carbons (Fsp3) is 0.538. The van der Waals surface area contributed by atoms with Crippen molar-refractivity contribution in [3.05, 3.63) is 35.4 Å². The van der Waals surface area contributed by atoms with Gasteiger partial charge in [0.25, 0.3) is 0 Å². The normalized spacial score (nSPS) is 26.0. The van der Waals surface area contributed by atoms with E-state index < -0.39 is 11.6 Å². The highest BCUT2D eigenvalue weighted by Crippen LogP contribution is 2.33. The van der Waals surface area contributed by atoms with Gasteiger partial charge in [-0.05, 0) is 24.1 Å². The lowest BCUT2D eigenvalue weighted by Crippen LogP contribution is -2.42. The molecule has 1 saturated heterocycles. The maximum Gasteiger partial charge on any atom is 0.159 e. The minimum Gasteiger partial charge on any atom is -0.326 e. The third-order valence-electron chi connectivity index (χ3n) is 3.11. The zero-order valence-corrected chi connectivity index (χ0v) is 11.9. The molecule has 0 radical (unpaired) electrons. The van der Waals surface area contributed by atoms with Crippen molar-refractivity contribution in [3.8, 4) is 0 Å². The largest absolute Gasteiger partial charge is 0.326 e. The Balaban J connectivity index is 2.01. The molecule has 5 heteroatoms. The van der Waals surface area contributed by atoms with E-state index in [-0.39, 0.29) is 6.04 Å². The summed E-state index contributed by atoms with van der Waals surface area (Å²) in [4.78, 5) is 0. The van der Waals surface area contributed by atoms with Crippen LogP contribution in [0.5, 0.6) is 0 Å². The molecule has 1 aromatic carbocycles. The van der Waals surface area contributed by atoms with Gasteiger partial charge in [0.2, 0.25) is 0 Å². The highest BCUT2D eigenvalue weighted by atomic mass is 32.2. The van der Waals surface area contributed by atoms with Gasteiger partial charge in [-0.25, -0.2) is 8.78 Å². The van der Waals surface area contributed by atoms with Crippen molar-refractivity contribution in [2.24, 2.45) is 5.73 Å². The molecule has 0 aliphatic carbocycles. The van der Waals surface area contributed by atoms with Crippen molar-refractivity contribution >= 4 is 23.5 Å². The fourth-order valence-corrected chi connectivity index (χ4v) is 5.07. The third kappa shape index (κ3) is 3.39. The Labute approximate surface area is 115 Å². The lowest BCUT2D eigenvalue weighted by molar-refractivity contribution is 0.505. The van der Waals surface area contributed by atoms with Crippen LogP contribution in [0.25, 0.3) is 0 Å². The predicted molar refractivity (Wildman–Crippen MR) is 76.2 cm³/mol. The van der Waals surface area contributed by atoms with Crippen LogP contribution >= 0.6 is 23.5 Å². The Morgan fingerprint density at radius 1 is 1.28 bits per heavy atom. The van der Waals surface area contributed by atoms with Crippen LogP contribution < -0.4 is 5.73 Å². The molecule has 0 amide bonds. The summed E-state index contributed by atoms with van der Waals surface area (Å²) in [7, 11) is 0. The summed E-state index contributed by atoms with van der Waals surface area (Å²) in [5, 5.41) is 0.904. The first-order chi connectivity index (χ1) is 8.58. The van der Waals surface area contributed by atoms with Crippen molar-refractivity contribution in [2.45, 2.75) is 29.9 Å². The van der Waals surface area contributed by atoms with Gasteiger partial charge >= 0.3 is 0 Å². The van der Waals surface area contributed by atoms with Gasteiger partial charge in [-0.15, -0.1) is 0 Å². The Hall–Kier alpha value is -0.260. The summed E-state index contributed by atoms with van der Waals surface area (Å²) in [5.74, 6) is 0.687. The maximum absolute atomic E-state index is 13.1. The third-order valence-corrected chi connectivity index (χ3v) is 6.39. The molecule has 1 aliphatic heterocycles. The molecule has 1 aromatic rings. The zero-order valence-electron chi connectivity index (χ0n) is 10.2. The van der Waals surface area contributed by atoms with Gasteiger partial charge in [0, 0.05) is 28.0 Å². The number of halogens is 2. The summed E-state index contributed by atoms with van der Waals surface area (Å²) in [6.45, 7) is 2.19. The van der Waals surface area contributed by atoms with E-state index in [1.54, 1.807) is 6.07 Å². The SMILES string of the molecule is CC1SCCSC1C(N)Cc1ccc(F)c(F)c1. The van der Waals surface area contributed by atoms with Gasteiger partial charge < -0.3 is 5.73 Å². The molecular weight excluding hydrogens is 272 g/mol. The molecule has 2 rings (SSSR count). The minimum atomic E-state index is -0.803. The molecule has 3 unspecified atom stereocenters. The second-order valence-electron chi connectivity index (χ2n) is 4.53. The number of rotatable bonds is 3. The first-order valence-corrected chi connectivity index (χ1v) is 8.10. The van der Waals surface area contributed by atoms with E-state index in [4.69, 9.17) is 5.73 Å². The van der Waals surface area contributed by atoms with Crippen LogP contribution in [0.15, 0.2) is 18.2 Å². The molecule has 0 bridgehead atoms. The summed E-state index contributed by atoms with van der Waals surface area (Å²) in [6.07, 6.45) is 0.597. The first-order valence-electron chi connectivity index (χ1n) is 6.00. The highest BCUT2D eigenvalue weighted by Gasteiger charge is 2.28. The van der Waals surface area contributed by atoms with Crippen LogP contribution in [-0.2, 0) is 6.42 Å². The molecule has 1 nitrogen and oxygen atoms in total. The Kier molecular flexibility index (Phi) is 4.92. The van der Waals surface area contributed by atoms with E-state index in [1.807, 2.05) is 23.5 Å². The van der Waals surface area contributed by atoms with Crippen molar-refractivity contribution in [2.75, 3.05) is 11.5 Å². The number of benzene rings is 1. The fourth-order valence-electron chi connectivity index (χ4n) is 2.18. The second-order valence-corrected chi connectivity index (χ2v) is 7.30. The van der Waals surface area contributed by atoms with Gasteiger partial charge in [0.15, 0.2) is 11.6 Å². The smallest absolute Gasteiger partial charge is 0.159 e. The second kappa shape index (κ2) is 6.26. The number of nitrogens with two attached hydrogens (primary N) is 1. The van der Waals surface area contributed by atoms with Crippen molar-refractivity contribution < 1.29 is 8.78 Å². The van der Waals surface area contributed by atoms with Crippen LogP contribution in [-0.4, -0.2) is 28.0 Å². The van der Waals surface area contributed by atoms with E-state index in [0.29, 0.717) is 16.9 Å². The summed E-state index contributed by atoms with van der Waals surface area (Å²) >= 11 is 3.83. The molecule has 1 aliphatic rings. The standard InChI is InChI=1S/C13H17F2NS2/c1-8-13(18-5-4-17-8)12(16)7-9-2-3-10(14)11(15)6-9/h2-3,6,8,12-13H,4-5,7,16H2,1H3. The molecule has 18 heavy (non-hydrogen) atoms. The summed E-state index contributed by atoms with van der Waals surface area (Å²) < 4.78 is 26.0. The summed E-state index contributed by atoms with van der Waals surface area (Å²) in [6, 6.07) is 4.02. The van der Waals surface area contributed by atoms with E-state index >= 15 is 0 Å². The van der Waals surface area contributed by atoms with Gasteiger partial charge in [-0.2, -0.15) is 23.5 Å². The summed E-state index contributed by atoms with van der Waals surface area (Å²) in [5.41, 5.74) is 6.98. The van der Waals surface area contributed by atoms with E-state index in [2.05, 4.69) is 6.92 Å². The van der Waals surface area contributed by atoms with Crippen molar-refractivity contribution in [1.82, 2.24) is 0 Å². The average molecular weight is 289 g/mol. The van der Waals surface area contributed by atoms with E-state index in [0.717, 1.165) is 11.3 Å². The lowest BCUT2D eigenvalue weighted by Gasteiger charge is -2.32. The van der Waals surface area contributed by atoms with Gasteiger partial charge in [-0.1, -0.05) is 13.0 Å². The molecule has 0 spiro atoms. The van der Waals surface area contributed by atoms with Gasteiger partial charge in [-0.3, -0.25) is 0 Å². The zero-order chi connectivity index (χ0) is 13.1. The Bertz CT molecular complexity index is 414. The van der Waals surface area contributed by atoms with Crippen LogP contribution in [0.2, 0.25) is 0 Å². The molecule has 2 N–H and O–H groups in total. The van der Waals surface area contributed by atoms with Crippen LogP contribution in [0.4, 0.5) is 8.78 Å². The van der Waals surface area contributed by atoms with Crippen molar-refractivity contribution in [1.29, 1.82) is 0 Å². The molecular formula is C13H17F2NS2. The van der Waals surface area contributed by atoms with E-state index in [9.17, 15) is 8.78 Å². The van der Waals surface area contributed by atoms with Gasteiger partial charge in [0.1, 0.15) is 0 Å². The number of thioether (sulfide) groups is 2. The number of hydrogen-bond acceptors (Lipinski definition) is 3. The molecule has 0 saturated carbocycles. The Morgan fingerprint density at radius 2 is 2.00 bits per heavy atom. The van der Waals surface area contributed by atoms with Crippen LogP contribution in [0.1, 0.15) is 12.5 Å². The van der Waals surface area contributed by atoms with E-state index in [1.165, 1.54) is 17.9 Å². The topological polar surface area (TPSA) is 26.0 Å². The average Bonchev–Trinajstić information content (AvgIpc) is 2.34. The maximum atomic E-state index is 13.1. The molecule has 0 aromatic heterocycles. The van der Waals surface area contributed by atoms with Crippen LogP contribution in [0, 0.1) is 11.6 Å². The number of hydrogen-bond donors (Lipinski definition) is 1. The predicted octanol–water partition coefficient (Wildman–Crippen LogP) is 3.07. The lowest BCUT2D eigenvalue weighted by atomic mass is 10.0. The van der Waals surface area contributed by atoms with Crippen LogP contribution in [0.3, 0.4) is 0 Å². The quantitative estimate of drug-likeness (QED) is 0.926.